The number of aliphatic imine (C=N–C) groups is 1. The number of nitrogens with zero attached hydrogens (tertiary/aromatic N) is 3. The Hall–Kier alpha value is -3.34. The minimum absolute atomic E-state index is 0.220. The highest BCUT2D eigenvalue weighted by atomic mass is 16.5. The first-order valence-electron chi connectivity index (χ1n) is 11.2. The highest BCUT2D eigenvalue weighted by molar-refractivity contribution is 5.65. The molecule has 0 atom stereocenters. The molecule has 0 unspecified atom stereocenters. The van der Waals surface area contributed by atoms with Gasteiger partial charge in [0.25, 0.3) is 0 Å². The van der Waals surface area contributed by atoms with Gasteiger partial charge in [0, 0.05) is 30.5 Å². The first kappa shape index (κ1) is 22.8. The number of hydrogen-bond acceptors (Lipinski definition) is 6. The predicted octanol–water partition coefficient (Wildman–Crippen LogP) is 3.56. The molecule has 0 spiro atoms. The summed E-state index contributed by atoms with van der Waals surface area (Å²) in [6.45, 7) is 7.37. The molecule has 7 heteroatoms. The van der Waals surface area contributed by atoms with Crippen LogP contribution in [-0.2, 0) is 16.1 Å². The molecule has 4 rings (SSSR count). The van der Waals surface area contributed by atoms with Gasteiger partial charge in [-0.25, -0.2) is 4.99 Å². The Balaban J connectivity index is 1.45. The maximum Gasteiger partial charge on any atom is 0.165 e. The maximum absolute atomic E-state index is 9.92. The van der Waals surface area contributed by atoms with Crippen LogP contribution in [0.3, 0.4) is 0 Å². The summed E-state index contributed by atoms with van der Waals surface area (Å²) in [5.41, 5.74) is 9.00. The number of benzene rings is 1. The molecule has 1 aliphatic heterocycles. The third kappa shape index (κ3) is 6.13. The van der Waals surface area contributed by atoms with Crippen molar-refractivity contribution in [2.45, 2.75) is 50.9 Å². The van der Waals surface area contributed by atoms with Gasteiger partial charge in [0.05, 0.1) is 12.2 Å². The minimum atomic E-state index is -0.798. The smallest absolute Gasteiger partial charge is 0.165 e. The SMILES string of the molecule is C=N/C(N)=C(\C=C(/C)c1cnn(C2CCOCC2)c1)OCc1cccc(C#CC2(O)CC2)c1. The summed E-state index contributed by atoms with van der Waals surface area (Å²) >= 11 is 0. The summed E-state index contributed by atoms with van der Waals surface area (Å²) in [6, 6.07) is 8.11. The van der Waals surface area contributed by atoms with E-state index in [9.17, 15) is 5.11 Å². The third-order valence-electron chi connectivity index (χ3n) is 5.88. The Morgan fingerprint density at radius 3 is 2.94 bits per heavy atom. The van der Waals surface area contributed by atoms with Crippen molar-refractivity contribution in [3.63, 3.8) is 0 Å². The van der Waals surface area contributed by atoms with Crippen LogP contribution in [0.2, 0.25) is 0 Å². The van der Waals surface area contributed by atoms with Gasteiger partial charge in [-0.05, 0) is 68.7 Å². The number of allylic oxidation sites excluding steroid dienone is 2. The van der Waals surface area contributed by atoms with Crippen molar-refractivity contribution in [1.29, 1.82) is 0 Å². The first-order valence-corrected chi connectivity index (χ1v) is 11.2. The Labute approximate surface area is 194 Å². The molecule has 7 nitrogen and oxygen atoms in total. The fraction of sp³-hybridized carbons (Fsp3) is 0.385. The fourth-order valence-electron chi connectivity index (χ4n) is 3.57. The lowest BCUT2D eigenvalue weighted by atomic mass is 10.1. The molecule has 2 aromatic rings. The predicted molar refractivity (Wildman–Crippen MR) is 128 cm³/mol. The van der Waals surface area contributed by atoms with Gasteiger partial charge in [0.2, 0.25) is 0 Å². The largest absolute Gasteiger partial charge is 0.485 e. The summed E-state index contributed by atoms with van der Waals surface area (Å²) in [7, 11) is 0. The van der Waals surface area contributed by atoms with Crippen LogP contribution in [0.1, 0.15) is 55.3 Å². The second-order valence-corrected chi connectivity index (χ2v) is 8.56. The second-order valence-electron chi connectivity index (χ2n) is 8.56. The average Bonchev–Trinajstić information content (AvgIpc) is 3.37. The summed E-state index contributed by atoms with van der Waals surface area (Å²) in [5, 5.41) is 14.5. The van der Waals surface area contributed by atoms with Crippen LogP contribution in [0.15, 0.2) is 59.3 Å². The topological polar surface area (TPSA) is 94.9 Å². The van der Waals surface area contributed by atoms with Crippen LogP contribution >= 0.6 is 0 Å². The van der Waals surface area contributed by atoms with E-state index in [4.69, 9.17) is 15.2 Å². The van der Waals surface area contributed by atoms with Gasteiger partial charge in [0.15, 0.2) is 11.6 Å². The zero-order valence-electron chi connectivity index (χ0n) is 19.0. The monoisotopic (exact) mass is 446 g/mol. The van der Waals surface area contributed by atoms with Crippen molar-refractivity contribution in [3.05, 3.63) is 71.0 Å². The molecule has 2 aliphatic rings. The number of rotatable bonds is 7. The molecule has 1 aliphatic carbocycles. The van der Waals surface area contributed by atoms with E-state index < -0.39 is 5.60 Å². The van der Waals surface area contributed by atoms with E-state index >= 15 is 0 Å². The van der Waals surface area contributed by atoms with E-state index in [0.29, 0.717) is 18.4 Å². The number of ether oxygens (including phenoxy) is 2. The quantitative estimate of drug-likeness (QED) is 0.294. The summed E-state index contributed by atoms with van der Waals surface area (Å²) in [4.78, 5) is 3.86. The molecular weight excluding hydrogens is 416 g/mol. The molecule has 2 heterocycles. The average molecular weight is 447 g/mol. The van der Waals surface area contributed by atoms with E-state index in [2.05, 4.69) is 28.6 Å². The molecule has 0 radical (unpaired) electrons. The standard InChI is InChI=1S/C26H30N4O3/c1-19(22-16-29-30(17-22)23-7-12-32-13-8-23)14-24(25(27)28-2)33-18-21-5-3-4-20(15-21)6-9-26(31)10-11-26/h3-5,14-17,23,31H,2,7-8,10-13,18,27H2,1H3/b19-14+,25-24+. The van der Waals surface area contributed by atoms with Gasteiger partial charge in [0.1, 0.15) is 12.2 Å². The first-order chi connectivity index (χ1) is 16.0. The normalized spacial score (nSPS) is 18.7. The van der Waals surface area contributed by atoms with E-state index in [1.165, 1.54) is 0 Å². The minimum Gasteiger partial charge on any atom is -0.485 e. The molecule has 1 saturated heterocycles. The maximum atomic E-state index is 9.92. The number of aromatic nitrogens is 2. The van der Waals surface area contributed by atoms with Crippen molar-refractivity contribution in [2.24, 2.45) is 10.7 Å². The van der Waals surface area contributed by atoms with Crippen LogP contribution in [0.5, 0.6) is 0 Å². The Morgan fingerprint density at radius 1 is 1.42 bits per heavy atom. The van der Waals surface area contributed by atoms with Gasteiger partial charge in [-0.1, -0.05) is 24.0 Å². The van der Waals surface area contributed by atoms with E-state index in [-0.39, 0.29) is 5.82 Å². The molecule has 33 heavy (non-hydrogen) atoms. The lowest BCUT2D eigenvalue weighted by Crippen LogP contribution is -2.19. The molecule has 2 fully saturated rings. The van der Waals surface area contributed by atoms with Gasteiger partial charge in [-0.15, -0.1) is 0 Å². The lowest BCUT2D eigenvalue weighted by Gasteiger charge is -2.22. The van der Waals surface area contributed by atoms with Crippen molar-refractivity contribution >= 4 is 12.3 Å². The fourth-order valence-corrected chi connectivity index (χ4v) is 3.57. The molecule has 0 bridgehead atoms. The van der Waals surface area contributed by atoms with Gasteiger partial charge < -0.3 is 20.3 Å². The molecule has 172 valence electrons. The van der Waals surface area contributed by atoms with Crippen LogP contribution in [0.25, 0.3) is 5.57 Å². The molecule has 1 aromatic heterocycles. The molecular formula is C26H30N4O3. The molecule has 3 N–H and O–H groups in total. The molecule has 1 saturated carbocycles. The Morgan fingerprint density at radius 2 is 2.21 bits per heavy atom. The molecule has 0 amide bonds. The van der Waals surface area contributed by atoms with Crippen LogP contribution in [-0.4, -0.2) is 40.4 Å². The van der Waals surface area contributed by atoms with E-state index in [0.717, 1.165) is 61.2 Å². The summed E-state index contributed by atoms with van der Waals surface area (Å²) in [6.07, 6.45) is 9.18. The van der Waals surface area contributed by atoms with Crippen LogP contribution < -0.4 is 5.73 Å². The summed E-state index contributed by atoms with van der Waals surface area (Å²) < 4.78 is 13.5. The summed E-state index contributed by atoms with van der Waals surface area (Å²) in [5.74, 6) is 6.64. The number of nitrogens with two attached hydrogens (primary N) is 1. The van der Waals surface area contributed by atoms with Crippen molar-refractivity contribution in [3.8, 4) is 11.8 Å². The van der Waals surface area contributed by atoms with Crippen molar-refractivity contribution < 1.29 is 14.6 Å². The second kappa shape index (κ2) is 10.1. The van der Waals surface area contributed by atoms with Gasteiger partial charge in [-0.3, -0.25) is 4.68 Å². The zero-order valence-corrected chi connectivity index (χ0v) is 19.0. The Kier molecular flexibility index (Phi) is 6.97. The van der Waals surface area contributed by atoms with E-state index in [1.807, 2.05) is 54.3 Å². The number of aliphatic hydroxyl groups is 1. The lowest BCUT2D eigenvalue weighted by molar-refractivity contribution is 0.0662. The highest BCUT2D eigenvalue weighted by Gasteiger charge is 2.38. The van der Waals surface area contributed by atoms with Gasteiger partial charge >= 0.3 is 0 Å². The highest BCUT2D eigenvalue weighted by Crippen LogP contribution is 2.34. The van der Waals surface area contributed by atoms with Gasteiger partial charge in [-0.2, -0.15) is 5.10 Å². The van der Waals surface area contributed by atoms with Crippen LogP contribution in [0, 0.1) is 11.8 Å². The zero-order chi connectivity index (χ0) is 23.3. The third-order valence-corrected chi connectivity index (χ3v) is 5.88. The number of hydrogen-bond donors (Lipinski definition) is 2. The van der Waals surface area contributed by atoms with E-state index in [1.54, 1.807) is 0 Å². The molecule has 1 aromatic carbocycles. The Bertz CT molecular complexity index is 1130. The van der Waals surface area contributed by atoms with Crippen molar-refractivity contribution in [1.82, 2.24) is 9.78 Å². The van der Waals surface area contributed by atoms with Crippen LogP contribution in [0.4, 0.5) is 0 Å². The van der Waals surface area contributed by atoms with Crippen molar-refractivity contribution in [2.75, 3.05) is 13.2 Å².